The second kappa shape index (κ2) is 13.2. The number of fused-ring (bicyclic) bond motifs is 2. The first kappa shape index (κ1) is 30.3. The van der Waals surface area contributed by atoms with Gasteiger partial charge in [0.05, 0.1) is 63.8 Å². The number of anilines is 4. The summed E-state index contributed by atoms with van der Waals surface area (Å²) >= 11 is 0. The minimum Gasteiger partial charge on any atom is -0.377 e. The number of nitrogens with zero attached hydrogens (tertiary/aromatic N) is 6. The molecule has 4 aliphatic rings. The summed E-state index contributed by atoms with van der Waals surface area (Å²) in [5.41, 5.74) is 2.63. The van der Waals surface area contributed by atoms with Gasteiger partial charge in [0.2, 0.25) is 11.9 Å². The molecule has 1 aromatic heterocycles. The molecule has 4 fully saturated rings. The van der Waals surface area contributed by atoms with Crippen molar-refractivity contribution in [1.82, 2.24) is 19.9 Å². The van der Waals surface area contributed by atoms with E-state index in [1.807, 2.05) is 29.2 Å². The highest BCUT2D eigenvalue weighted by molar-refractivity contribution is 6.00. The van der Waals surface area contributed by atoms with Crippen molar-refractivity contribution in [3.63, 3.8) is 0 Å². The molecule has 5 heterocycles. The Balaban J connectivity index is 1.02. The molecule has 7 rings (SSSR count). The van der Waals surface area contributed by atoms with E-state index in [2.05, 4.69) is 34.3 Å². The third kappa shape index (κ3) is 6.35. The van der Waals surface area contributed by atoms with Crippen molar-refractivity contribution in [2.24, 2.45) is 0 Å². The van der Waals surface area contributed by atoms with Gasteiger partial charge >= 0.3 is 6.03 Å². The summed E-state index contributed by atoms with van der Waals surface area (Å²) < 4.78 is 16.9. The van der Waals surface area contributed by atoms with Crippen LogP contribution in [0.4, 0.5) is 28.1 Å². The number of aromatic nitrogens is 3. The fourth-order valence-corrected chi connectivity index (χ4v) is 6.59. The van der Waals surface area contributed by atoms with E-state index in [-0.39, 0.29) is 36.1 Å². The van der Waals surface area contributed by atoms with Gasteiger partial charge in [-0.2, -0.15) is 15.0 Å². The maximum atomic E-state index is 13.1. The predicted molar refractivity (Wildman–Crippen MR) is 173 cm³/mol. The second-order valence-electron chi connectivity index (χ2n) is 12.4. The third-order valence-corrected chi connectivity index (χ3v) is 9.13. The minimum atomic E-state index is -0.384. The molecular formula is C33H40N8O5. The highest BCUT2D eigenvalue weighted by atomic mass is 16.5. The number of rotatable bonds is 6. The number of benzene rings is 2. The predicted octanol–water partition coefficient (Wildman–Crippen LogP) is 3.64. The van der Waals surface area contributed by atoms with Gasteiger partial charge in [-0.25, -0.2) is 4.79 Å². The molecule has 0 spiro atoms. The van der Waals surface area contributed by atoms with E-state index in [1.54, 1.807) is 24.3 Å². The van der Waals surface area contributed by atoms with Crippen LogP contribution < -0.4 is 20.4 Å². The first-order chi connectivity index (χ1) is 22.4. The standard InChI is InChI=1S/C33H40N8O5/c1-21-17-44-15-13-39(21)31-36-29(37-32(38-31)40-14-16-45-18-22(40)2)23-3-7-25(8-4-23)34-33(43)35-26-9-5-24(6-10-26)30(42)41-27-11-12-28(41)20-46-19-27/h3-10,21-22,27-28H,11-20H2,1-2H3,(H2,34,35,43)/t21-,22-,27?,28?/m0/s1. The molecule has 2 bridgehead atoms. The first-order valence-corrected chi connectivity index (χ1v) is 16.1. The van der Waals surface area contributed by atoms with Gasteiger partial charge < -0.3 is 39.5 Å². The molecule has 2 unspecified atom stereocenters. The van der Waals surface area contributed by atoms with Crippen molar-refractivity contribution in [2.75, 3.05) is 73.2 Å². The third-order valence-electron chi connectivity index (χ3n) is 9.13. The van der Waals surface area contributed by atoms with Gasteiger partial charge in [-0.3, -0.25) is 4.79 Å². The average Bonchev–Trinajstić information content (AvgIpc) is 3.32. The van der Waals surface area contributed by atoms with E-state index in [1.165, 1.54) is 0 Å². The molecular weight excluding hydrogens is 588 g/mol. The molecule has 13 nitrogen and oxygen atoms in total. The SMILES string of the molecule is C[C@H]1COCCN1c1nc(-c2ccc(NC(=O)Nc3ccc(C(=O)N4C5CCC4COC5)cc3)cc2)nc(N2CCOC[C@@H]2C)n1. The summed E-state index contributed by atoms with van der Waals surface area (Å²) in [5, 5.41) is 5.73. The Morgan fingerprint density at radius 2 is 1.22 bits per heavy atom. The molecule has 0 aliphatic carbocycles. The van der Waals surface area contributed by atoms with E-state index >= 15 is 0 Å². The van der Waals surface area contributed by atoms with Gasteiger partial charge in [0.25, 0.3) is 5.91 Å². The lowest BCUT2D eigenvalue weighted by atomic mass is 10.1. The van der Waals surface area contributed by atoms with E-state index in [4.69, 9.17) is 29.2 Å². The molecule has 46 heavy (non-hydrogen) atoms. The van der Waals surface area contributed by atoms with Crippen molar-refractivity contribution >= 4 is 35.2 Å². The normalized spacial score (nSPS) is 24.5. The molecule has 4 aliphatic heterocycles. The van der Waals surface area contributed by atoms with Crippen LogP contribution >= 0.6 is 0 Å². The summed E-state index contributed by atoms with van der Waals surface area (Å²) in [5.74, 6) is 1.83. The van der Waals surface area contributed by atoms with Gasteiger partial charge in [-0.05, 0) is 75.2 Å². The first-order valence-electron chi connectivity index (χ1n) is 16.1. The highest BCUT2D eigenvalue weighted by Gasteiger charge is 2.40. The van der Waals surface area contributed by atoms with Crippen LogP contribution in [0.2, 0.25) is 0 Å². The van der Waals surface area contributed by atoms with Crippen LogP contribution in [-0.4, -0.2) is 109 Å². The number of amides is 3. The van der Waals surface area contributed by atoms with Gasteiger partial charge in [0, 0.05) is 35.6 Å². The molecule has 4 saturated heterocycles. The van der Waals surface area contributed by atoms with Gasteiger partial charge in [0.1, 0.15) is 0 Å². The van der Waals surface area contributed by atoms with Crippen LogP contribution in [0.25, 0.3) is 11.4 Å². The largest absolute Gasteiger partial charge is 0.377 e. The zero-order valence-corrected chi connectivity index (χ0v) is 26.2. The van der Waals surface area contributed by atoms with Gasteiger partial charge in [0.15, 0.2) is 5.82 Å². The molecule has 0 radical (unpaired) electrons. The van der Waals surface area contributed by atoms with Crippen molar-refractivity contribution in [2.45, 2.75) is 50.9 Å². The summed E-state index contributed by atoms with van der Waals surface area (Å²) in [6.07, 6.45) is 1.96. The second-order valence-corrected chi connectivity index (χ2v) is 12.4. The number of hydrogen-bond donors (Lipinski definition) is 2. The fourth-order valence-electron chi connectivity index (χ4n) is 6.59. The number of carbonyl (C=O) groups excluding carboxylic acids is 2. The van der Waals surface area contributed by atoms with E-state index in [9.17, 15) is 9.59 Å². The van der Waals surface area contributed by atoms with Crippen LogP contribution in [0.1, 0.15) is 37.0 Å². The summed E-state index contributed by atoms with van der Waals surface area (Å²) in [6, 6.07) is 14.6. The number of morpholine rings is 3. The zero-order valence-electron chi connectivity index (χ0n) is 26.2. The molecule has 3 aromatic rings. The fraction of sp³-hybridized carbons (Fsp3) is 0.485. The average molecular weight is 629 g/mol. The Bertz CT molecular complexity index is 1500. The molecule has 3 amide bonds. The van der Waals surface area contributed by atoms with E-state index in [0.717, 1.165) is 18.4 Å². The lowest BCUT2D eigenvalue weighted by molar-refractivity contribution is -0.00715. The molecule has 2 N–H and O–H groups in total. The molecule has 2 aromatic carbocycles. The Morgan fingerprint density at radius 1 is 0.696 bits per heavy atom. The van der Waals surface area contributed by atoms with E-state index < -0.39 is 0 Å². The number of urea groups is 1. The summed E-state index contributed by atoms with van der Waals surface area (Å²) in [7, 11) is 0. The van der Waals surface area contributed by atoms with Gasteiger partial charge in [-0.15, -0.1) is 0 Å². The maximum absolute atomic E-state index is 13.1. The minimum absolute atomic E-state index is 0.0169. The Labute approximate surface area is 268 Å². The Hall–Kier alpha value is -4.33. The monoisotopic (exact) mass is 628 g/mol. The number of hydrogen-bond acceptors (Lipinski definition) is 10. The Kier molecular flexibility index (Phi) is 8.69. The van der Waals surface area contributed by atoms with Crippen molar-refractivity contribution in [3.05, 3.63) is 54.1 Å². The molecule has 242 valence electrons. The Morgan fingerprint density at radius 3 is 1.74 bits per heavy atom. The van der Waals surface area contributed by atoms with Crippen molar-refractivity contribution in [1.29, 1.82) is 0 Å². The highest BCUT2D eigenvalue weighted by Crippen LogP contribution is 2.31. The van der Waals surface area contributed by atoms with Crippen LogP contribution in [0.3, 0.4) is 0 Å². The smallest absolute Gasteiger partial charge is 0.323 e. The van der Waals surface area contributed by atoms with E-state index in [0.29, 0.717) is 87.4 Å². The van der Waals surface area contributed by atoms with Gasteiger partial charge in [-0.1, -0.05) is 0 Å². The number of carbonyl (C=O) groups is 2. The molecule has 13 heteroatoms. The van der Waals surface area contributed by atoms with Crippen LogP contribution in [0, 0.1) is 0 Å². The van der Waals surface area contributed by atoms with Crippen molar-refractivity contribution < 1.29 is 23.8 Å². The lowest BCUT2D eigenvalue weighted by Crippen LogP contribution is -2.49. The van der Waals surface area contributed by atoms with Crippen LogP contribution in [0.5, 0.6) is 0 Å². The topological polar surface area (TPSA) is 134 Å². The number of ether oxygens (including phenoxy) is 3. The van der Waals surface area contributed by atoms with Crippen LogP contribution in [-0.2, 0) is 14.2 Å². The lowest BCUT2D eigenvalue weighted by Gasteiger charge is -2.36. The van der Waals surface area contributed by atoms with Crippen molar-refractivity contribution in [3.8, 4) is 11.4 Å². The quantitative estimate of drug-likeness (QED) is 0.417. The molecule has 0 saturated carbocycles. The maximum Gasteiger partial charge on any atom is 0.323 e. The zero-order chi connectivity index (χ0) is 31.6. The van der Waals surface area contributed by atoms with Crippen LogP contribution in [0.15, 0.2) is 48.5 Å². The number of nitrogens with one attached hydrogen (secondary N) is 2. The summed E-state index contributed by atoms with van der Waals surface area (Å²) in [6.45, 7) is 9.28. The summed E-state index contributed by atoms with van der Waals surface area (Å²) in [4.78, 5) is 46.9. The molecule has 4 atom stereocenters.